The summed E-state index contributed by atoms with van der Waals surface area (Å²) in [4.78, 5) is 0. The molecule has 0 amide bonds. The molecular weight excluding hydrogens is 456 g/mol. The second-order valence-electron chi connectivity index (χ2n) is 8.29. The lowest BCUT2D eigenvalue weighted by atomic mass is 9.91. The Bertz CT molecular complexity index is 1780. The predicted molar refractivity (Wildman–Crippen MR) is 139 cm³/mol. The molecule has 7 rings (SSSR count). The van der Waals surface area contributed by atoms with E-state index in [1.807, 2.05) is 12.1 Å². The molecule has 0 radical (unpaired) electrons. The minimum absolute atomic E-state index is 0.933. The minimum Gasteiger partial charge on any atom is -0.456 e. The number of furan rings is 1. The van der Waals surface area contributed by atoms with Gasteiger partial charge in [0.05, 0.1) is 0 Å². The summed E-state index contributed by atoms with van der Waals surface area (Å²) in [7, 11) is 0. The molecule has 6 aromatic carbocycles. The molecule has 0 bridgehead atoms. The largest absolute Gasteiger partial charge is 0.456 e. The molecular formula is C30H17BrO. The molecule has 0 saturated heterocycles. The van der Waals surface area contributed by atoms with Crippen molar-refractivity contribution in [2.45, 2.75) is 0 Å². The second-order valence-corrected chi connectivity index (χ2v) is 9.08. The van der Waals surface area contributed by atoms with Gasteiger partial charge in [0.15, 0.2) is 0 Å². The topological polar surface area (TPSA) is 13.1 Å². The summed E-state index contributed by atoms with van der Waals surface area (Å²) < 4.78 is 7.25. The smallest absolute Gasteiger partial charge is 0.136 e. The van der Waals surface area contributed by atoms with Gasteiger partial charge in [-0.05, 0) is 83.6 Å². The third-order valence-electron chi connectivity index (χ3n) is 6.49. The first-order chi connectivity index (χ1) is 15.8. The predicted octanol–water partition coefficient (Wildman–Crippen LogP) is 9.48. The van der Waals surface area contributed by atoms with Gasteiger partial charge in [0.25, 0.3) is 0 Å². The van der Waals surface area contributed by atoms with Crippen LogP contribution in [0.25, 0.3) is 65.4 Å². The normalized spacial score (nSPS) is 11.9. The Kier molecular flexibility index (Phi) is 3.76. The van der Waals surface area contributed by atoms with Gasteiger partial charge in [-0.15, -0.1) is 0 Å². The Morgan fingerprint density at radius 3 is 1.81 bits per heavy atom. The molecule has 0 fully saturated rings. The van der Waals surface area contributed by atoms with E-state index in [1.54, 1.807) is 0 Å². The Morgan fingerprint density at radius 1 is 0.469 bits per heavy atom. The first-order valence-corrected chi connectivity index (χ1v) is 11.5. The van der Waals surface area contributed by atoms with Crippen LogP contribution in [0.1, 0.15) is 0 Å². The summed E-state index contributed by atoms with van der Waals surface area (Å²) >= 11 is 3.86. The Hall–Kier alpha value is -3.62. The van der Waals surface area contributed by atoms with Crippen molar-refractivity contribution in [3.8, 4) is 11.1 Å². The second kappa shape index (κ2) is 6.69. The fraction of sp³-hybridized carbons (Fsp3) is 0. The Labute approximate surface area is 193 Å². The molecule has 1 nitrogen and oxygen atoms in total. The summed E-state index contributed by atoms with van der Waals surface area (Å²) in [5.74, 6) is 0. The van der Waals surface area contributed by atoms with Gasteiger partial charge in [0.1, 0.15) is 11.2 Å². The maximum atomic E-state index is 6.10. The van der Waals surface area contributed by atoms with Gasteiger partial charge in [-0.2, -0.15) is 0 Å². The molecule has 0 saturated carbocycles. The lowest BCUT2D eigenvalue weighted by Gasteiger charge is -2.15. The number of para-hydroxylation sites is 1. The van der Waals surface area contributed by atoms with Crippen LogP contribution in [-0.2, 0) is 0 Å². The SMILES string of the molecule is Brc1c2ccccc2c(-c2ccc3cc4oc5ccccc5c4cc3c2)c2ccccc12. The maximum Gasteiger partial charge on any atom is 0.136 e. The number of halogens is 1. The van der Waals surface area contributed by atoms with Crippen LogP contribution in [0.3, 0.4) is 0 Å². The number of hydrogen-bond acceptors (Lipinski definition) is 1. The van der Waals surface area contributed by atoms with Crippen molar-refractivity contribution < 1.29 is 4.42 Å². The van der Waals surface area contributed by atoms with Crippen molar-refractivity contribution in [1.29, 1.82) is 0 Å². The molecule has 1 heterocycles. The van der Waals surface area contributed by atoms with Crippen LogP contribution in [0.5, 0.6) is 0 Å². The third kappa shape index (κ3) is 2.50. The third-order valence-corrected chi connectivity index (χ3v) is 7.34. The monoisotopic (exact) mass is 472 g/mol. The summed E-state index contributed by atoms with van der Waals surface area (Å²) in [5.41, 5.74) is 4.37. The van der Waals surface area contributed by atoms with E-state index in [0.717, 1.165) is 26.4 Å². The van der Waals surface area contributed by atoms with E-state index >= 15 is 0 Å². The molecule has 0 spiro atoms. The molecule has 0 unspecified atom stereocenters. The van der Waals surface area contributed by atoms with Gasteiger partial charge in [0, 0.05) is 15.2 Å². The standard InChI is InChI=1S/C30H17BrO/c31-30-24-10-3-1-8-22(24)29(23-9-2-4-11-25(23)30)19-14-13-18-17-28-26(16-20(18)15-19)21-7-5-6-12-27(21)32-28/h1-17H. The average molecular weight is 473 g/mol. The van der Waals surface area contributed by atoms with Crippen LogP contribution in [0.15, 0.2) is 112 Å². The van der Waals surface area contributed by atoms with Gasteiger partial charge in [-0.25, -0.2) is 0 Å². The number of hydrogen-bond donors (Lipinski definition) is 0. The molecule has 32 heavy (non-hydrogen) atoms. The van der Waals surface area contributed by atoms with E-state index in [4.69, 9.17) is 4.42 Å². The highest BCUT2D eigenvalue weighted by Gasteiger charge is 2.15. The van der Waals surface area contributed by atoms with Crippen LogP contribution < -0.4 is 0 Å². The number of fused-ring (bicyclic) bond motifs is 6. The zero-order valence-electron chi connectivity index (χ0n) is 17.1. The summed E-state index contributed by atoms with van der Waals surface area (Å²) in [6, 6.07) is 36.7. The molecule has 0 aliphatic carbocycles. The van der Waals surface area contributed by atoms with E-state index < -0.39 is 0 Å². The zero-order valence-corrected chi connectivity index (χ0v) is 18.7. The zero-order chi connectivity index (χ0) is 21.2. The van der Waals surface area contributed by atoms with E-state index in [0.29, 0.717) is 0 Å². The summed E-state index contributed by atoms with van der Waals surface area (Å²) in [5, 5.41) is 9.71. The van der Waals surface area contributed by atoms with Crippen LogP contribution in [0.4, 0.5) is 0 Å². The van der Waals surface area contributed by atoms with Crippen LogP contribution in [0.2, 0.25) is 0 Å². The lowest BCUT2D eigenvalue weighted by Crippen LogP contribution is -1.87. The van der Waals surface area contributed by atoms with Gasteiger partial charge in [-0.1, -0.05) is 78.9 Å². The van der Waals surface area contributed by atoms with Gasteiger partial charge in [0.2, 0.25) is 0 Å². The molecule has 2 heteroatoms. The van der Waals surface area contributed by atoms with Crippen molar-refractivity contribution in [1.82, 2.24) is 0 Å². The highest BCUT2D eigenvalue weighted by molar-refractivity contribution is 9.10. The first kappa shape index (κ1) is 18.0. The molecule has 0 aliphatic rings. The van der Waals surface area contributed by atoms with Crippen LogP contribution in [0, 0.1) is 0 Å². The van der Waals surface area contributed by atoms with E-state index in [1.165, 1.54) is 43.4 Å². The maximum absolute atomic E-state index is 6.10. The van der Waals surface area contributed by atoms with Gasteiger partial charge < -0.3 is 4.42 Å². The van der Waals surface area contributed by atoms with Crippen molar-refractivity contribution in [2.24, 2.45) is 0 Å². The molecule has 0 atom stereocenters. The molecule has 1 aromatic heterocycles. The first-order valence-electron chi connectivity index (χ1n) is 10.7. The lowest BCUT2D eigenvalue weighted by molar-refractivity contribution is 0.669. The minimum atomic E-state index is 0.933. The summed E-state index contributed by atoms with van der Waals surface area (Å²) in [6.07, 6.45) is 0. The van der Waals surface area contributed by atoms with Crippen molar-refractivity contribution in [2.75, 3.05) is 0 Å². The van der Waals surface area contributed by atoms with Gasteiger partial charge in [-0.3, -0.25) is 0 Å². The van der Waals surface area contributed by atoms with Crippen molar-refractivity contribution in [3.63, 3.8) is 0 Å². The number of benzene rings is 6. The molecule has 150 valence electrons. The van der Waals surface area contributed by atoms with E-state index in [2.05, 4.69) is 107 Å². The van der Waals surface area contributed by atoms with Gasteiger partial charge >= 0.3 is 0 Å². The van der Waals surface area contributed by atoms with Crippen LogP contribution in [-0.4, -0.2) is 0 Å². The molecule has 0 aliphatic heterocycles. The average Bonchev–Trinajstić information content (AvgIpc) is 3.20. The highest BCUT2D eigenvalue weighted by atomic mass is 79.9. The Balaban J connectivity index is 1.58. The molecule has 7 aromatic rings. The summed E-state index contributed by atoms with van der Waals surface area (Å²) in [6.45, 7) is 0. The molecule has 0 N–H and O–H groups in total. The fourth-order valence-electron chi connectivity index (χ4n) is 5.01. The van der Waals surface area contributed by atoms with Crippen LogP contribution >= 0.6 is 15.9 Å². The van der Waals surface area contributed by atoms with Crippen molar-refractivity contribution in [3.05, 3.63) is 108 Å². The quantitative estimate of drug-likeness (QED) is 0.217. The fourth-order valence-corrected chi connectivity index (χ4v) is 5.70. The van der Waals surface area contributed by atoms with E-state index in [9.17, 15) is 0 Å². The Morgan fingerprint density at radius 2 is 1.09 bits per heavy atom. The van der Waals surface area contributed by atoms with Crippen molar-refractivity contribution >= 4 is 70.2 Å². The number of rotatable bonds is 1. The van der Waals surface area contributed by atoms with E-state index in [-0.39, 0.29) is 0 Å². The highest BCUT2D eigenvalue weighted by Crippen LogP contribution is 2.42.